The smallest absolute Gasteiger partial charge is 0.292 e. The molecule has 0 aromatic heterocycles. The summed E-state index contributed by atoms with van der Waals surface area (Å²) in [5, 5.41) is 14.2. The van der Waals surface area contributed by atoms with Crippen molar-refractivity contribution in [2.45, 2.75) is 18.4 Å². The molecule has 0 amide bonds. The molecule has 0 bridgehead atoms. The molecule has 4 nitrogen and oxygen atoms in total. The van der Waals surface area contributed by atoms with Crippen molar-refractivity contribution in [3.8, 4) is 0 Å². The van der Waals surface area contributed by atoms with E-state index in [1.165, 1.54) is 11.6 Å². The van der Waals surface area contributed by atoms with E-state index < -0.39 is 0 Å². The minimum absolute atomic E-state index is 0.140. The fourth-order valence-electron chi connectivity index (χ4n) is 2.38. The van der Waals surface area contributed by atoms with Crippen LogP contribution in [0.4, 0.5) is 11.4 Å². The molecule has 0 aliphatic heterocycles. The lowest BCUT2D eigenvalue weighted by Gasteiger charge is -2.06. The molecule has 1 saturated carbocycles. The minimum Gasteiger partial charge on any atom is -0.376 e. The third-order valence-corrected chi connectivity index (χ3v) is 3.46. The van der Waals surface area contributed by atoms with Crippen LogP contribution in [0.3, 0.4) is 0 Å². The van der Waals surface area contributed by atoms with Gasteiger partial charge in [-0.2, -0.15) is 0 Å². The molecular formula is C15H14N2O2. The van der Waals surface area contributed by atoms with Crippen molar-refractivity contribution in [2.24, 2.45) is 0 Å². The standard InChI is InChI=1S/C15H14N2O2/c18-17(19)15-9-5-4-8-13(15)16-14-10-12(14)11-6-2-1-3-7-11/h1-9,12,14,16H,10H2/t12-,14-/m0/s1. The molecule has 0 radical (unpaired) electrons. The van der Waals surface area contributed by atoms with Crippen LogP contribution in [0.15, 0.2) is 54.6 Å². The number of nitrogens with one attached hydrogen (secondary N) is 1. The largest absolute Gasteiger partial charge is 0.376 e. The average molecular weight is 254 g/mol. The van der Waals surface area contributed by atoms with Gasteiger partial charge in [-0.15, -0.1) is 0 Å². The number of para-hydroxylation sites is 2. The Hall–Kier alpha value is -2.36. The number of benzene rings is 2. The van der Waals surface area contributed by atoms with Crippen molar-refractivity contribution < 1.29 is 4.92 Å². The van der Waals surface area contributed by atoms with Crippen LogP contribution in [0.25, 0.3) is 0 Å². The van der Waals surface area contributed by atoms with E-state index in [9.17, 15) is 10.1 Å². The first kappa shape index (κ1) is 11.7. The maximum atomic E-state index is 10.9. The van der Waals surface area contributed by atoms with Crippen LogP contribution < -0.4 is 5.32 Å². The number of nitro groups is 1. The summed E-state index contributed by atoms with van der Waals surface area (Å²) >= 11 is 0. The molecular weight excluding hydrogens is 240 g/mol. The molecule has 1 N–H and O–H groups in total. The van der Waals surface area contributed by atoms with E-state index in [1.807, 2.05) is 24.3 Å². The Balaban J connectivity index is 1.73. The molecule has 3 rings (SSSR count). The van der Waals surface area contributed by atoms with Crippen LogP contribution in [-0.2, 0) is 0 Å². The first-order valence-corrected chi connectivity index (χ1v) is 6.30. The van der Waals surface area contributed by atoms with E-state index in [0.717, 1.165) is 6.42 Å². The van der Waals surface area contributed by atoms with Gasteiger partial charge in [-0.3, -0.25) is 10.1 Å². The van der Waals surface area contributed by atoms with E-state index in [0.29, 0.717) is 17.6 Å². The maximum absolute atomic E-state index is 10.9. The highest BCUT2D eigenvalue weighted by atomic mass is 16.6. The van der Waals surface area contributed by atoms with Gasteiger partial charge >= 0.3 is 0 Å². The van der Waals surface area contributed by atoms with E-state index in [4.69, 9.17) is 0 Å². The van der Waals surface area contributed by atoms with Crippen LogP contribution in [0.1, 0.15) is 17.9 Å². The molecule has 0 heterocycles. The van der Waals surface area contributed by atoms with Crippen molar-refractivity contribution >= 4 is 11.4 Å². The van der Waals surface area contributed by atoms with Crippen LogP contribution in [0.5, 0.6) is 0 Å². The molecule has 4 heteroatoms. The van der Waals surface area contributed by atoms with Crippen molar-refractivity contribution in [3.05, 3.63) is 70.3 Å². The van der Waals surface area contributed by atoms with Gasteiger partial charge < -0.3 is 5.32 Å². The van der Waals surface area contributed by atoms with Crippen LogP contribution >= 0.6 is 0 Å². The molecule has 0 unspecified atom stereocenters. The fourth-order valence-corrected chi connectivity index (χ4v) is 2.38. The molecule has 0 spiro atoms. The molecule has 1 aliphatic carbocycles. The number of hydrogen-bond donors (Lipinski definition) is 1. The van der Waals surface area contributed by atoms with Gasteiger partial charge in [0.2, 0.25) is 0 Å². The summed E-state index contributed by atoms with van der Waals surface area (Å²) in [5.74, 6) is 0.459. The lowest BCUT2D eigenvalue weighted by atomic mass is 10.1. The van der Waals surface area contributed by atoms with Gasteiger partial charge in [0, 0.05) is 18.0 Å². The van der Waals surface area contributed by atoms with Crippen molar-refractivity contribution in [2.75, 3.05) is 5.32 Å². The van der Waals surface area contributed by atoms with Gasteiger partial charge in [-0.1, -0.05) is 42.5 Å². The highest BCUT2D eigenvalue weighted by Gasteiger charge is 2.39. The monoisotopic (exact) mass is 254 g/mol. The highest BCUT2D eigenvalue weighted by molar-refractivity contribution is 5.62. The molecule has 96 valence electrons. The van der Waals surface area contributed by atoms with Crippen LogP contribution in [-0.4, -0.2) is 11.0 Å². The first-order valence-electron chi connectivity index (χ1n) is 6.30. The second kappa shape index (κ2) is 4.72. The summed E-state index contributed by atoms with van der Waals surface area (Å²) in [5.41, 5.74) is 2.04. The molecule has 0 saturated heterocycles. The third kappa shape index (κ3) is 2.42. The van der Waals surface area contributed by atoms with E-state index in [1.54, 1.807) is 12.1 Å². The van der Waals surface area contributed by atoms with Gasteiger partial charge in [-0.25, -0.2) is 0 Å². The fraction of sp³-hybridized carbons (Fsp3) is 0.200. The maximum Gasteiger partial charge on any atom is 0.292 e. The van der Waals surface area contributed by atoms with E-state index >= 15 is 0 Å². The third-order valence-electron chi connectivity index (χ3n) is 3.46. The summed E-state index contributed by atoms with van der Waals surface area (Å²) in [6.07, 6.45) is 1.02. The quantitative estimate of drug-likeness (QED) is 0.670. The zero-order valence-corrected chi connectivity index (χ0v) is 10.3. The van der Waals surface area contributed by atoms with Gasteiger partial charge in [0.25, 0.3) is 5.69 Å². The number of nitro benzene ring substituents is 1. The van der Waals surface area contributed by atoms with Crippen molar-refractivity contribution in [3.63, 3.8) is 0 Å². The second-order valence-electron chi connectivity index (χ2n) is 4.78. The SMILES string of the molecule is O=[N+]([O-])c1ccccc1N[C@H]1C[C@H]1c1ccccc1. The van der Waals surface area contributed by atoms with Crippen molar-refractivity contribution in [1.82, 2.24) is 0 Å². The molecule has 2 aromatic carbocycles. The lowest BCUT2D eigenvalue weighted by Crippen LogP contribution is -2.06. The Labute approximate surface area is 111 Å². The number of hydrogen-bond acceptors (Lipinski definition) is 3. The minimum atomic E-state index is -0.345. The van der Waals surface area contributed by atoms with Crippen LogP contribution in [0, 0.1) is 10.1 Å². The van der Waals surface area contributed by atoms with Gasteiger partial charge in [0.15, 0.2) is 0 Å². The van der Waals surface area contributed by atoms with Gasteiger partial charge in [0.1, 0.15) is 5.69 Å². The van der Waals surface area contributed by atoms with Gasteiger partial charge in [0.05, 0.1) is 4.92 Å². The summed E-state index contributed by atoms with van der Waals surface area (Å²) < 4.78 is 0. The number of rotatable bonds is 4. The Morgan fingerprint density at radius 2 is 1.74 bits per heavy atom. The summed E-state index contributed by atoms with van der Waals surface area (Å²) in [6, 6.07) is 17.3. The van der Waals surface area contributed by atoms with E-state index in [2.05, 4.69) is 17.4 Å². The normalized spacial score (nSPS) is 20.8. The molecule has 19 heavy (non-hydrogen) atoms. The van der Waals surface area contributed by atoms with Crippen molar-refractivity contribution in [1.29, 1.82) is 0 Å². The Morgan fingerprint density at radius 3 is 2.47 bits per heavy atom. The second-order valence-corrected chi connectivity index (χ2v) is 4.78. The topological polar surface area (TPSA) is 55.2 Å². The summed E-state index contributed by atoms with van der Waals surface area (Å²) in [4.78, 5) is 10.6. The summed E-state index contributed by atoms with van der Waals surface area (Å²) in [6.45, 7) is 0. The Kier molecular flexibility index (Phi) is 2.91. The predicted molar refractivity (Wildman–Crippen MR) is 74.3 cm³/mol. The molecule has 2 atom stereocenters. The molecule has 2 aromatic rings. The number of nitrogens with zero attached hydrogens (tertiary/aromatic N) is 1. The predicted octanol–water partition coefficient (Wildman–Crippen LogP) is 3.56. The zero-order valence-electron chi connectivity index (χ0n) is 10.3. The van der Waals surface area contributed by atoms with Gasteiger partial charge in [-0.05, 0) is 18.1 Å². The van der Waals surface area contributed by atoms with E-state index in [-0.39, 0.29) is 10.6 Å². The number of anilines is 1. The first-order chi connectivity index (χ1) is 9.25. The average Bonchev–Trinajstić information content (AvgIpc) is 3.19. The highest BCUT2D eigenvalue weighted by Crippen LogP contribution is 2.43. The molecule has 1 aliphatic rings. The zero-order chi connectivity index (χ0) is 13.2. The lowest BCUT2D eigenvalue weighted by molar-refractivity contribution is -0.384. The Morgan fingerprint density at radius 1 is 1.05 bits per heavy atom. The Bertz CT molecular complexity index is 598. The van der Waals surface area contributed by atoms with Crippen LogP contribution in [0.2, 0.25) is 0 Å². The molecule has 1 fully saturated rings. The summed E-state index contributed by atoms with van der Waals surface area (Å²) in [7, 11) is 0.